The molecule has 1 heterocycles. The fraction of sp³-hybridized carbons (Fsp3) is 0.750. The van der Waals surface area contributed by atoms with Crippen molar-refractivity contribution >= 4 is 15.8 Å². The van der Waals surface area contributed by atoms with Crippen molar-refractivity contribution in [1.29, 1.82) is 0 Å². The maximum Gasteiger partial charge on any atom is 0.315 e. The Morgan fingerprint density at radius 3 is 2.23 bits per heavy atom. The van der Waals surface area contributed by atoms with Gasteiger partial charge in [0.2, 0.25) is 0 Å². The molecule has 2 N–H and O–H groups in total. The molecule has 0 aromatic heterocycles. The van der Waals surface area contributed by atoms with E-state index in [4.69, 9.17) is 4.74 Å². The van der Waals surface area contributed by atoms with Gasteiger partial charge >= 0.3 is 5.97 Å². The maximum absolute atomic E-state index is 14.8. The zero-order valence-electron chi connectivity index (χ0n) is 38.3. The third-order valence-corrected chi connectivity index (χ3v) is 20.6. The highest BCUT2D eigenvalue weighted by molar-refractivity contribution is 7.91. The first-order chi connectivity index (χ1) is 28.1. The minimum absolute atomic E-state index is 0.0417. The van der Waals surface area contributed by atoms with Crippen molar-refractivity contribution < 1.29 is 27.4 Å². The van der Waals surface area contributed by atoms with Gasteiger partial charge in [-0.2, -0.15) is 0 Å². The Bertz CT molecular complexity index is 1930. The quantitative estimate of drug-likeness (QED) is 0.180. The molecular formula is C52H78FNO5S. The lowest BCUT2D eigenvalue weighted by Crippen LogP contribution is -2.62. The average molecular weight is 848 g/mol. The number of hydrogen-bond donors (Lipinski definition) is 2. The van der Waals surface area contributed by atoms with Crippen LogP contribution in [0, 0.1) is 50.7 Å². The number of carbonyl (C=O) groups excluding carboxylic acids is 1. The van der Waals surface area contributed by atoms with Crippen molar-refractivity contribution in [3.8, 4) is 0 Å². The highest BCUT2D eigenvalue weighted by Crippen LogP contribution is 2.74. The molecule has 6 aliphatic rings. The van der Waals surface area contributed by atoms with Gasteiger partial charge in [0, 0.05) is 5.54 Å². The number of aliphatic hydroxyl groups is 1. The molecule has 1 aromatic rings. The highest BCUT2D eigenvalue weighted by Gasteiger charge is 2.66. The van der Waals surface area contributed by atoms with Crippen LogP contribution in [0.2, 0.25) is 0 Å². The summed E-state index contributed by atoms with van der Waals surface area (Å²) >= 11 is 0. The molecule has 0 amide bonds. The number of fused-ring (bicyclic) bond motifs is 5. The zero-order chi connectivity index (χ0) is 43.4. The number of sulfone groups is 1. The van der Waals surface area contributed by atoms with E-state index in [2.05, 4.69) is 72.5 Å². The number of alkyl halides is 1. The third-order valence-electron chi connectivity index (χ3n) is 18.9. The van der Waals surface area contributed by atoms with Gasteiger partial charge in [-0.05, 0) is 185 Å². The van der Waals surface area contributed by atoms with Gasteiger partial charge in [-0.1, -0.05) is 89.3 Å². The lowest BCUT2D eigenvalue weighted by molar-refractivity contribution is -0.197. The number of esters is 1. The molecule has 8 heteroatoms. The molecule has 60 heavy (non-hydrogen) atoms. The molecule has 0 bridgehead atoms. The van der Waals surface area contributed by atoms with Crippen LogP contribution in [0.5, 0.6) is 0 Å². The Morgan fingerprint density at radius 2 is 1.58 bits per heavy atom. The first kappa shape index (κ1) is 45.7. The monoisotopic (exact) mass is 848 g/mol. The number of allylic oxidation sites excluding steroid dienone is 5. The van der Waals surface area contributed by atoms with Crippen LogP contribution in [-0.2, 0) is 26.0 Å². The minimum atomic E-state index is -3.04. The predicted molar refractivity (Wildman–Crippen MR) is 242 cm³/mol. The van der Waals surface area contributed by atoms with Gasteiger partial charge in [0.15, 0.2) is 9.84 Å². The van der Waals surface area contributed by atoms with E-state index in [1.807, 2.05) is 30.3 Å². The molecule has 1 aliphatic heterocycles. The second-order valence-electron chi connectivity index (χ2n) is 22.6. The number of rotatable bonds is 10. The fourth-order valence-corrected chi connectivity index (χ4v) is 16.0. The summed E-state index contributed by atoms with van der Waals surface area (Å²) in [6, 6.07) is 9.64. The predicted octanol–water partition coefficient (Wildman–Crippen LogP) is 11.4. The first-order valence-electron chi connectivity index (χ1n) is 23.6. The Balaban J connectivity index is 1.09. The largest absolute Gasteiger partial charge is 0.460 e. The Morgan fingerprint density at radius 1 is 0.867 bits per heavy atom. The summed E-state index contributed by atoms with van der Waals surface area (Å²) in [5.41, 5.74) is 3.30. The molecule has 334 valence electrons. The van der Waals surface area contributed by atoms with E-state index in [0.29, 0.717) is 68.7 Å². The lowest BCUT2D eigenvalue weighted by atomic mass is 9.35. The van der Waals surface area contributed by atoms with Crippen molar-refractivity contribution in [3.05, 3.63) is 71.3 Å². The summed E-state index contributed by atoms with van der Waals surface area (Å²) in [4.78, 5) is 13.4. The summed E-state index contributed by atoms with van der Waals surface area (Å²) in [5, 5.41) is 15.3. The standard InChI is InChI=1S/C52H78FNO5S/c1-37(2)40-16-21-47(5,54-31-28-52(56)29-32-60(57,58)33-30-52)26-27-49(7)41(34-40)14-15-44-48(6)22-19-42(46(3,4)43(48)20-23-50(44,49)8)39-17-24-51(36-53,25-18-39)45(55)59-35-38-12-10-9-11-13-38/h9-13,17,19,40-41,43-44,54,56H,1,14-16,18,20-36H2,2-8H3/t40-,41-,43+,44-,47+,48+,49-,50-,51+/m1/s1. The summed E-state index contributed by atoms with van der Waals surface area (Å²) in [6.45, 7) is 22.3. The minimum Gasteiger partial charge on any atom is -0.460 e. The first-order valence-corrected chi connectivity index (χ1v) is 25.5. The summed E-state index contributed by atoms with van der Waals surface area (Å²) < 4.78 is 44.8. The van der Waals surface area contributed by atoms with Gasteiger partial charge in [-0.25, -0.2) is 12.8 Å². The molecule has 4 fully saturated rings. The Kier molecular flexibility index (Phi) is 12.7. The molecule has 5 aliphatic carbocycles. The molecule has 7 rings (SSSR count). The fourth-order valence-electron chi connectivity index (χ4n) is 14.4. The van der Waals surface area contributed by atoms with Crippen molar-refractivity contribution in [2.75, 3.05) is 24.7 Å². The van der Waals surface area contributed by atoms with Crippen LogP contribution in [-0.4, -0.2) is 55.4 Å². The van der Waals surface area contributed by atoms with Crippen LogP contribution < -0.4 is 5.32 Å². The van der Waals surface area contributed by atoms with Gasteiger partial charge in [0.25, 0.3) is 0 Å². The second-order valence-corrected chi connectivity index (χ2v) is 24.9. The molecule has 0 radical (unpaired) electrons. The molecule has 9 atom stereocenters. The summed E-state index contributed by atoms with van der Waals surface area (Å²) in [7, 11) is -3.04. The third kappa shape index (κ3) is 8.42. The topological polar surface area (TPSA) is 92.7 Å². The van der Waals surface area contributed by atoms with Crippen LogP contribution in [0.15, 0.2) is 65.8 Å². The molecule has 6 nitrogen and oxygen atoms in total. The molecule has 1 saturated heterocycles. The molecule has 3 saturated carbocycles. The van der Waals surface area contributed by atoms with Crippen LogP contribution in [0.4, 0.5) is 4.39 Å². The van der Waals surface area contributed by atoms with Gasteiger partial charge < -0.3 is 15.2 Å². The average Bonchev–Trinajstić information content (AvgIpc) is 3.26. The summed E-state index contributed by atoms with van der Waals surface area (Å²) in [5.74, 6) is 2.00. The molecule has 0 unspecified atom stereocenters. The number of nitrogens with one attached hydrogen (secondary N) is 1. The number of hydrogen-bond acceptors (Lipinski definition) is 6. The normalized spacial score (nSPS) is 39.8. The van der Waals surface area contributed by atoms with Crippen LogP contribution >= 0.6 is 0 Å². The smallest absolute Gasteiger partial charge is 0.315 e. The van der Waals surface area contributed by atoms with Gasteiger partial charge in [0.05, 0.1) is 22.5 Å². The number of halogens is 1. The van der Waals surface area contributed by atoms with Crippen LogP contribution in [0.3, 0.4) is 0 Å². The Labute approximate surface area is 363 Å². The van der Waals surface area contributed by atoms with E-state index in [1.165, 1.54) is 55.2 Å². The highest BCUT2D eigenvalue weighted by atomic mass is 32.2. The van der Waals surface area contributed by atoms with Crippen molar-refractivity contribution in [1.82, 2.24) is 5.32 Å². The zero-order valence-corrected chi connectivity index (χ0v) is 39.1. The van der Waals surface area contributed by atoms with E-state index in [9.17, 15) is 22.7 Å². The van der Waals surface area contributed by atoms with Crippen LogP contribution in [0.1, 0.15) is 157 Å². The van der Waals surface area contributed by atoms with E-state index in [0.717, 1.165) is 31.2 Å². The van der Waals surface area contributed by atoms with Gasteiger partial charge in [-0.3, -0.25) is 4.79 Å². The number of benzene rings is 1. The van der Waals surface area contributed by atoms with Crippen LogP contribution in [0.25, 0.3) is 0 Å². The lowest BCUT2D eigenvalue weighted by Gasteiger charge is -2.70. The Hall–Kier alpha value is -2.29. The van der Waals surface area contributed by atoms with E-state index >= 15 is 0 Å². The number of ether oxygens (including phenoxy) is 1. The molecule has 0 spiro atoms. The van der Waals surface area contributed by atoms with E-state index in [1.54, 1.807) is 0 Å². The van der Waals surface area contributed by atoms with E-state index < -0.39 is 33.5 Å². The summed E-state index contributed by atoms with van der Waals surface area (Å²) in [6.07, 6.45) is 19.2. The second kappa shape index (κ2) is 16.7. The maximum atomic E-state index is 14.8. The van der Waals surface area contributed by atoms with Crippen molar-refractivity contribution in [2.45, 2.75) is 169 Å². The van der Waals surface area contributed by atoms with Crippen molar-refractivity contribution in [3.63, 3.8) is 0 Å². The van der Waals surface area contributed by atoms with E-state index in [-0.39, 0.29) is 45.3 Å². The molecular weight excluding hydrogens is 770 g/mol. The SMILES string of the molecule is C=C(C)[C@@H]1CC[C@](C)(NCCC2(O)CCS(=O)(=O)CC2)CC[C@]2(C)[C@H](CC[C@@H]3[C@@]4(C)CC=C(C5=CC[C@](CF)(C(=O)OCc6ccccc6)CC5)C(C)(C)[C@@H]4CC[C@]32C)C1. The molecule has 1 aromatic carbocycles. The van der Waals surface area contributed by atoms with Gasteiger partial charge in [0.1, 0.15) is 13.3 Å². The number of carbonyl (C=O) groups is 1. The van der Waals surface area contributed by atoms with Gasteiger partial charge in [-0.15, -0.1) is 0 Å². The van der Waals surface area contributed by atoms with Crippen molar-refractivity contribution in [2.24, 2.45) is 50.7 Å².